The highest BCUT2D eigenvalue weighted by atomic mass is 32.2. The lowest BCUT2D eigenvalue weighted by Crippen LogP contribution is -2.50. The van der Waals surface area contributed by atoms with E-state index < -0.39 is 22.0 Å². The van der Waals surface area contributed by atoms with Gasteiger partial charge in [-0.15, -0.1) is 0 Å². The van der Waals surface area contributed by atoms with Crippen LogP contribution in [0.4, 0.5) is 10.1 Å². The van der Waals surface area contributed by atoms with Gasteiger partial charge in [0.2, 0.25) is 15.9 Å². The van der Waals surface area contributed by atoms with E-state index in [4.69, 9.17) is 4.52 Å². The van der Waals surface area contributed by atoms with Crippen molar-refractivity contribution < 1.29 is 22.1 Å². The maximum Gasteiger partial charge on any atom is 0.246 e. The molecular formula is C20H28FN5O4S. The summed E-state index contributed by atoms with van der Waals surface area (Å²) in [5.74, 6) is -0.473. The Morgan fingerprint density at radius 1 is 1.19 bits per heavy atom. The fourth-order valence-corrected chi connectivity index (χ4v) is 5.11. The maximum atomic E-state index is 13.1. The number of nitrogens with zero attached hydrogens (tertiary/aromatic N) is 3. The van der Waals surface area contributed by atoms with Gasteiger partial charge in [0.1, 0.15) is 16.4 Å². The van der Waals surface area contributed by atoms with Gasteiger partial charge < -0.3 is 14.7 Å². The summed E-state index contributed by atoms with van der Waals surface area (Å²) in [4.78, 5) is 16.7. The maximum absolute atomic E-state index is 13.1. The number of benzene rings is 1. The molecule has 3 rings (SSSR count). The number of carbonyl (C=O) groups excluding carboxylic acids is 1. The van der Waals surface area contributed by atoms with Crippen molar-refractivity contribution in [2.24, 2.45) is 0 Å². The highest BCUT2D eigenvalue weighted by molar-refractivity contribution is 7.89. The van der Waals surface area contributed by atoms with Crippen LogP contribution in [0.5, 0.6) is 0 Å². The van der Waals surface area contributed by atoms with Crippen LogP contribution in [0.3, 0.4) is 0 Å². The Bertz CT molecular complexity index is 982. The average molecular weight is 454 g/mol. The summed E-state index contributed by atoms with van der Waals surface area (Å²) in [5, 5.41) is 6.42. The monoisotopic (exact) mass is 453 g/mol. The number of hydrogen-bond donors (Lipinski definition) is 2. The zero-order valence-electron chi connectivity index (χ0n) is 17.9. The average Bonchev–Trinajstić information content (AvgIpc) is 3.07. The van der Waals surface area contributed by atoms with E-state index >= 15 is 0 Å². The molecule has 0 unspecified atom stereocenters. The van der Waals surface area contributed by atoms with E-state index in [2.05, 4.69) is 25.0 Å². The van der Waals surface area contributed by atoms with E-state index in [1.807, 2.05) is 0 Å². The molecule has 0 radical (unpaired) electrons. The lowest BCUT2D eigenvalue weighted by Gasteiger charge is -2.36. The van der Waals surface area contributed by atoms with Crippen molar-refractivity contribution in [1.82, 2.24) is 20.1 Å². The van der Waals surface area contributed by atoms with E-state index in [0.717, 1.165) is 31.9 Å². The van der Waals surface area contributed by atoms with Gasteiger partial charge in [0.15, 0.2) is 5.76 Å². The Morgan fingerprint density at radius 2 is 1.84 bits per heavy atom. The van der Waals surface area contributed by atoms with Gasteiger partial charge in [-0.3, -0.25) is 9.69 Å². The molecule has 31 heavy (non-hydrogen) atoms. The van der Waals surface area contributed by atoms with Crippen molar-refractivity contribution in [2.75, 3.05) is 44.2 Å². The Hall–Kier alpha value is -2.50. The van der Waals surface area contributed by atoms with E-state index in [9.17, 15) is 17.6 Å². The van der Waals surface area contributed by atoms with Gasteiger partial charge in [0.05, 0.1) is 6.04 Å². The van der Waals surface area contributed by atoms with Crippen molar-refractivity contribution in [2.45, 2.75) is 31.7 Å². The Morgan fingerprint density at radius 3 is 2.42 bits per heavy atom. The molecule has 1 aromatic carbocycles. The smallest absolute Gasteiger partial charge is 0.246 e. The number of aromatic nitrogens is 1. The number of halogens is 1. The van der Waals surface area contributed by atoms with Gasteiger partial charge in [0, 0.05) is 45.0 Å². The SMILES string of the molecule is Cc1noc(C)c1S(=O)(=O)N[C@@H](C)C(=O)NCCN1CCN(c2ccc(F)cc2)CC1. The molecule has 1 saturated heterocycles. The van der Waals surface area contributed by atoms with Gasteiger partial charge in [0.25, 0.3) is 0 Å². The molecule has 1 aromatic heterocycles. The van der Waals surface area contributed by atoms with Crippen LogP contribution in [-0.2, 0) is 14.8 Å². The molecule has 170 valence electrons. The van der Waals surface area contributed by atoms with E-state index in [-0.39, 0.29) is 22.2 Å². The predicted molar refractivity (Wildman–Crippen MR) is 114 cm³/mol. The minimum atomic E-state index is -3.91. The Kier molecular flexibility index (Phi) is 7.29. The molecule has 2 heterocycles. The van der Waals surface area contributed by atoms with E-state index in [0.29, 0.717) is 13.1 Å². The second kappa shape index (κ2) is 9.75. The van der Waals surface area contributed by atoms with Crippen LogP contribution in [0.1, 0.15) is 18.4 Å². The van der Waals surface area contributed by atoms with Crippen LogP contribution in [0, 0.1) is 19.7 Å². The first-order valence-electron chi connectivity index (χ1n) is 10.1. The number of hydrogen-bond acceptors (Lipinski definition) is 7. The quantitative estimate of drug-likeness (QED) is 0.615. The molecule has 2 aromatic rings. The molecule has 1 aliphatic rings. The second-order valence-corrected chi connectivity index (χ2v) is 9.24. The number of carbonyl (C=O) groups is 1. The van der Waals surface area contributed by atoms with Crippen LogP contribution in [0.2, 0.25) is 0 Å². The molecule has 1 atom stereocenters. The van der Waals surface area contributed by atoms with Crippen molar-refractivity contribution >= 4 is 21.6 Å². The second-order valence-electron chi connectivity index (χ2n) is 7.59. The van der Waals surface area contributed by atoms with Crippen molar-refractivity contribution in [3.05, 3.63) is 41.5 Å². The van der Waals surface area contributed by atoms with Gasteiger partial charge in [-0.05, 0) is 45.0 Å². The number of rotatable bonds is 8. The summed E-state index contributed by atoms with van der Waals surface area (Å²) in [7, 11) is -3.91. The molecule has 0 saturated carbocycles. The van der Waals surface area contributed by atoms with Crippen LogP contribution < -0.4 is 14.9 Å². The zero-order valence-corrected chi connectivity index (χ0v) is 18.7. The molecule has 0 bridgehead atoms. The summed E-state index contributed by atoms with van der Waals surface area (Å²) in [6.45, 7) is 8.87. The summed E-state index contributed by atoms with van der Waals surface area (Å²) in [6.07, 6.45) is 0. The topological polar surface area (TPSA) is 108 Å². The largest absolute Gasteiger partial charge is 0.369 e. The van der Waals surface area contributed by atoms with Crippen LogP contribution in [0.15, 0.2) is 33.7 Å². The third-order valence-electron chi connectivity index (χ3n) is 5.25. The van der Waals surface area contributed by atoms with E-state index in [1.165, 1.54) is 32.9 Å². The number of nitrogens with one attached hydrogen (secondary N) is 2. The first-order valence-corrected chi connectivity index (χ1v) is 11.6. The summed E-state index contributed by atoms with van der Waals surface area (Å²) < 4.78 is 45.4. The van der Waals surface area contributed by atoms with E-state index in [1.54, 1.807) is 12.1 Å². The minimum Gasteiger partial charge on any atom is -0.369 e. The van der Waals surface area contributed by atoms with Gasteiger partial charge in [-0.2, -0.15) is 4.72 Å². The molecule has 0 aliphatic carbocycles. The van der Waals surface area contributed by atoms with Crippen molar-refractivity contribution in [1.29, 1.82) is 0 Å². The number of piperazine rings is 1. The standard InChI is InChI=1S/C20H28FN5O4S/c1-14-19(16(3)30-23-14)31(28,29)24-15(2)20(27)22-8-9-25-10-12-26(13-11-25)18-6-4-17(21)5-7-18/h4-7,15,24H,8-13H2,1-3H3,(H,22,27)/t15-/m0/s1. The van der Waals surface area contributed by atoms with Gasteiger partial charge in [-0.25, -0.2) is 12.8 Å². The van der Waals surface area contributed by atoms with Crippen LogP contribution in [-0.4, -0.2) is 69.7 Å². The molecule has 1 aliphatic heterocycles. The van der Waals surface area contributed by atoms with Crippen LogP contribution >= 0.6 is 0 Å². The number of sulfonamides is 1. The summed E-state index contributed by atoms with van der Waals surface area (Å²) in [5.41, 5.74) is 1.24. The fourth-order valence-electron chi connectivity index (χ4n) is 3.58. The van der Waals surface area contributed by atoms with Crippen LogP contribution in [0.25, 0.3) is 0 Å². The normalized spacial score (nSPS) is 16.3. The van der Waals surface area contributed by atoms with Gasteiger partial charge in [-0.1, -0.05) is 5.16 Å². The molecular weight excluding hydrogens is 425 g/mol. The molecule has 2 N–H and O–H groups in total. The first-order chi connectivity index (χ1) is 14.7. The lowest BCUT2D eigenvalue weighted by atomic mass is 10.2. The molecule has 9 nitrogen and oxygen atoms in total. The molecule has 11 heteroatoms. The third-order valence-corrected chi connectivity index (χ3v) is 7.04. The minimum absolute atomic E-state index is 0.0359. The summed E-state index contributed by atoms with van der Waals surface area (Å²) >= 11 is 0. The van der Waals surface area contributed by atoms with Crippen molar-refractivity contribution in [3.8, 4) is 0 Å². The molecule has 1 fully saturated rings. The fraction of sp³-hybridized carbons (Fsp3) is 0.500. The number of aryl methyl sites for hydroxylation is 2. The molecule has 1 amide bonds. The molecule has 0 spiro atoms. The highest BCUT2D eigenvalue weighted by Crippen LogP contribution is 2.19. The Labute approximate surface area is 181 Å². The zero-order chi connectivity index (χ0) is 22.6. The first kappa shape index (κ1) is 23.2. The lowest BCUT2D eigenvalue weighted by molar-refractivity contribution is -0.122. The number of anilines is 1. The third kappa shape index (κ3) is 5.81. The summed E-state index contributed by atoms with van der Waals surface area (Å²) in [6, 6.07) is 5.53. The number of amides is 1. The van der Waals surface area contributed by atoms with Gasteiger partial charge >= 0.3 is 0 Å². The predicted octanol–water partition coefficient (Wildman–Crippen LogP) is 1.04. The Balaban J connectivity index is 1.41. The van der Waals surface area contributed by atoms with Crippen molar-refractivity contribution in [3.63, 3.8) is 0 Å². The highest BCUT2D eigenvalue weighted by Gasteiger charge is 2.28.